The van der Waals surface area contributed by atoms with Crippen LogP contribution in [0.4, 0.5) is 0 Å². The van der Waals surface area contributed by atoms with Gasteiger partial charge >= 0.3 is 0 Å². The second-order valence-electron chi connectivity index (χ2n) is 6.50. The fraction of sp³-hybridized carbons (Fsp3) is 0.562. The average Bonchev–Trinajstić information content (AvgIpc) is 2.72. The van der Waals surface area contributed by atoms with Gasteiger partial charge in [0.25, 0.3) is 0 Å². The molecule has 1 fully saturated rings. The van der Waals surface area contributed by atoms with Crippen LogP contribution in [-0.2, 0) is 0 Å². The minimum Gasteiger partial charge on any atom is -0.306 e. The standard InChI is InChI=1S/C16H22N2/c1-11(13-8-6-12(10-17)7-9-13)18-14-15(2,3)16(14,4)5/h6-9,11,14,18H,1-5H3. The van der Waals surface area contributed by atoms with E-state index < -0.39 is 0 Å². The van der Waals surface area contributed by atoms with E-state index in [2.05, 4.69) is 46.0 Å². The zero-order valence-electron chi connectivity index (χ0n) is 11.9. The lowest BCUT2D eigenvalue weighted by Crippen LogP contribution is -2.25. The quantitative estimate of drug-likeness (QED) is 0.878. The highest BCUT2D eigenvalue weighted by Gasteiger charge is 2.64. The Morgan fingerprint density at radius 2 is 1.61 bits per heavy atom. The number of nitrogens with one attached hydrogen (secondary N) is 1. The first-order chi connectivity index (χ1) is 8.30. The zero-order chi connectivity index (χ0) is 13.6. The van der Waals surface area contributed by atoms with Crippen LogP contribution in [0.15, 0.2) is 24.3 Å². The normalized spacial score (nSPS) is 22.2. The van der Waals surface area contributed by atoms with Gasteiger partial charge in [0.05, 0.1) is 11.6 Å². The molecule has 96 valence electrons. The molecule has 0 aromatic heterocycles. The summed E-state index contributed by atoms with van der Waals surface area (Å²) in [4.78, 5) is 0. The molecule has 1 aromatic rings. The maximum atomic E-state index is 8.79. The van der Waals surface area contributed by atoms with E-state index in [9.17, 15) is 0 Å². The Hall–Kier alpha value is -1.33. The van der Waals surface area contributed by atoms with Crippen LogP contribution < -0.4 is 5.32 Å². The molecule has 1 aliphatic carbocycles. The van der Waals surface area contributed by atoms with Crippen LogP contribution in [0.5, 0.6) is 0 Å². The van der Waals surface area contributed by atoms with Crippen molar-refractivity contribution >= 4 is 0 Å². The SMILES string of the molecule is CC(NC1C(C)(C)C1(C)C)c1ccc(C#N)cc1. The first-order valence-electron chi connectivity index (χ1n) is 6.57. The van der Waals surface area contributed by atoms with Crippen LogP contribution in [0.1, 0.15) is 51.8 Å². The fourth-order valence-electron chi connectivity index (χ4n) is 2.81. The van der Waals surface area contributed by atoms with E-state index in [-0.39, 0.29) is 0 Å². The zero-order valence-corrected chi connectivity index (χ0v) is 11.9. The molecule has 1 aromatic carbocycles. The third-order valence-corrected chi connectivity index (χ3v) is 4.98. The molecule has 2 nitrogen and oxygen atoms in total. The smallest absolute Gasteiger partial charge is 0.0991 e. The van der Waals surface area contributed by atoms with Crippen LogP contribution in [0.2, 0.25) is 0 Å². The number of rotatable bonds is 3. The summed E-state index contributed by atoms with van der Waals surface area (Å²) >= 11 is 0. The van der Waals surface area contributed by atoms with Gasteiger partial charge in [0, 0.05) is 12.1 Å². The van der Waals surface area contributed by atoms with Crippen molar-refractivity contribution in [2.45, 2.75) is 46.7 Å². The second kappa shape index (κ2) is 4.10. The van der Waals surface area contributed by atoms with Crippen LogP contribution in [-0.4, -0.2) is 6.04 Å². The summed E-state index contributed by atoms with van der Waals surface area (Å²) in [6.07, 6.45) is 0. The molecule has 0 aliphatic heterocycles. The minimum absolute atomic E-state index is 0.323. The highest BCUT2D eigenvalue weighted by molar-refractivity contribution is 5.33. The lowest BCUT2D eigenvalue weighted by Gasteiger charge is -2.16. The Morgan fingerprint density at radius 1 is 1.11 bits per heavy atom. The van der Waals surface area contributed by atoms with Crippen LogP contribution in [0.25, 0.3) is 0 Å². The van der Waals surface area contributed by atoms with Crippen molar-refractivity contribution in [3.8, 4) is 6.07 Å². The second-order valence-corrected chi connectivity index (χ2v) is 6.50. The van der Waals surface area contributed by atoms with Gasteiger partial charge < -0.3 is 5.32 Å². The number of hydrogen-bond donors (Lipinski definition) is 1. The van der Waals surface area contributed by atoms with Crippen molar-refractivity contribution in [3.05, 3.63) is 35.4 Å². The summed E-state index contributed by atoms with van der Waals surface area (Å²) in [7, 11) is 0. The Bertz CT molecular complexity index is 463. The van der Waals surface area contributed by atoms with Crippen molar-refractivity contribution < 1.29 is 0 Å². The van der Waals surface area contributed by atoms with Crippen LogP contribution >= 0.6 is 0 Å². The molecule has 2 heteroatoms. The molecule has 2 rings (SSSR count). The first kappa shape index (κ1) is 13.1. The average molecular weight is 242 g/mol. The summed E-state index contributed by atoms with van der Waals surface area (Å²) in [6, 6.07) is 10.9. The highest BCUT2D eigenvalue weighted by atomic mass is 15.1. The molecule has 1 unspecified atom stereocenters. The van der Waals surface area contributed by atoms with Crippen molar-refractivity contribution in [1.29, 1.82) is 5.26 Å². The summed E-state index contributed by atoms with van der Waals surface area (Å²) < 4.78 is 0. The monoisotopic (exact) mass is 242 g/mol. The van der Waals surface area contributed by atoms with Crippen molar-refractivity contribution in [2.75, 3.05) is 0 Å². The maximum absolute atomic E-state index is 8.79. The Balaban J connectivity index is 2.05. The van der Waals surface area contributed by atoms with E-state index >= 15 is 0 Å². The van der Waals surface area contributed by atoms with Crippen molar-refractivity contribution in [2.24, 2.45) is 10.8 Å². The predicted octanol–water partition coefficient (Wildman–Crippen LogP) is 3.64. The van der Waals surface area contributed by atoms with E-state index in [1.807, 2.05) is 24.3 Å². The highest BCUT2D eigenvalue weighted by Crippen LogP contribution is 2.63. The van der Waals surface area contributed by atoms with Gasteiger partial charge in [-0.3, -0.25) is 0 Å². The third-order valence-electron chi connectivity index (χ3n) is 4.98. The van der Waals surface area contributed by atoms with E-state index in [1.54, 1.807) is 0 Å². The molecule has 1 N–H and O–H groups in total. The topological polar surface area (TPSA) is 35.8 Å². The number of nitriles is 1. The van der Waals surface area contributed by atoms with E-state index in [4.69, 9.17) is 5.26 Å². The molecule has 0 amide bonds. The van der Waals surface area contributed by atoms with Gasteiger partial charge in [-0.1, -0.05) is 39.8 Å². The predicted molar refractivity (Wildman–Crippen MR) is 74.1 cm³/mol. The van der Waals surface area contributed by atoms with Crippen molar-refractivity contribution in [3.63, 3.8) is 0 Å². The van der Waals surface area contributed by atoms with Gasteiger partial charge in [0.15, 0.2) is 0 Å². The van der Waals surface area contributed by atoms with Gasteiger partial charge in [-0.25, -0.2) is 0 Å². The molecule has 0 bridgehead atoms. The summed E-state index contributed by atoms with van der Waals surface area (Å²) in [5.74, 6) is 0. The molecule has 1 aliphatic rings. The molecule has 1 saturated carbocycles. The molecule has 0 saturated heterocycles. The molecule has 0 heterocycles. The van der Waals surface area contributed by atoms with E-state index in [1.165, 1.54) is 5.56 Å². The van der Waals surface area contributed by atoms with Crippen LogP contribution in [0.3, 0.4) is 0 Å². The van der Waals surface area contributed by atoms with Gasteiger partial charge in [-0.2, -0.15) is 5.26 Å². The van der Waals surface area contributed by atoms with Crippen molar-refractivity contribution in [1.82, 2.24) is 5.32 Å². The van der Waals surface area contributed by atoms with Gasteiger partial charge in [0.2, 0.25) is 0 Å². The number of nitrogens with zero attached hydrogens (tertiary/aromatic N) is 1. The molecule has 1 atom stereocenters. The molecule has 0 spiro atoms. The largest absolute Gasteiger partial charge is 0.306 e. The number of hydrogen-bond acceptors (Lipinski definition) is 2. The van der Waals surface area contributed by atoms with Gasteiger partial charge in [-0.05, 0) is 35.4 Å². The Kier molecular flexibility index (Phi) is 2.99. The summed E-state index contributed by atoms with van der Waals surface area (Å²) in [5.41, 5.74) is 2.67. The maximum Gasteiger partial charge on any atom is 0.0991 e. The minimum atomic E-state index is 0.323. The van der Waals surface area contributed by atoms with Gasteiger partial charge in [0.1, 0.15) is 0 Å². The van der Waals surface area contributed by atoms with E-state index in [0.29, 0.717) is 22.9 Å². The van der Waals surface area contributed by atoms with E-state index in [0.717, 1.165) is 5.56 Å². The molecular weight excluding hydrogens is 220 g/mol. The summed E-state index contributed by atoms with van der Waals surface area (Å²) in [6.45, 7) is 11.4. The number of benzene rings is 1. The Morgan fingerprint density at radius 3 is 2.00 bits per heavy atom. The van der Waals surface area contributed by atoms with Gasteiger partial charge in [-0.15, -0.1) is 0 Å². The first-order valence-corrected chi connectivity index (χ1v) is 6.57. The third kappa shape index (κ3) is 1.93. The fourth-order valence-corrected chi connectivity index (χ4v) is 2.81. The molecular formula is C16H22N2. The Labute approximate surface area is 110 Å². The van der Waals surface area contributed by atoms with Crippen LogP contribution in [0, 0.1) is 22.2 Å². The lowest BCUT2D eigenvalue weighted by atomic mass is 10.0. The summed E-state index contributed by atoms with van der Waals surface area (Å²) in [5, 5.41) is 12.5. The molecule has 18 heavy (non-hydrogen) atoms. The molecule has 0 radical (unpaired) electrons. The lowest BCUT2D eigenvalue weighted by molar-refractivity contribution is 0.457.